The lowest BCUT2D eigenvalue weighted by Crippen LogP contribution is -2.29. The Kier molecular flexibility index (Phi) is 3.21. The van der Waals surface area contributed by atoms with Gasteiger partial charge in [0.15, 0.2) is 6.10 Å². The van der Waals surface area contributed by atoms with Crippen molar-refractivity contribution >= 4 is 28.9 Å². The number of carboxylic acids is 1. The van der Waals surface area contributed by atoms with Gasteiger partial charge in [0, 0.05) is 5.38 Å². The lowest BCUT2D eigenvalue weighted by atomic mass is 10.2. The third-order valence-corrected chi connectivity index (χ3v) is 3.06. The summed E-state index contributed by atoms with van der Waals surface area (Å²) in [6.07, 6.45) is -0.663. The average molecular weight is 241 g/mol. The standard InChI is InChI=1S/C10H11NO4S/c12-9(11-6-3-4-16-5-6)7-1-2-8(15-7)10(13)14/h3-5,7-8H,1-2H2,(H,11,12)(H,13,14). The van der Waals surface area contributed by atoms with Crippen LogP contribution in [0.15, 0.2) is 16.8 Å². The van der Waals surface area contributed by atoms with Crippen molar-refractivity contribution in [3.05, 3.63) is 16.8 Å². The fourth-order valence-corrected chi connectivity index (χ4v) is 2.16. The molecule has 6 heteroatoms. The van der Waals surface area contributed by atoms with Gasteiger partial charge in [-0.25, -0.2) is 4.79 Å². The van der Waals surface area contributed by atoms with Crippen LogP contribution in [0, 0.1) is 0 Å². The highest BCUT2D eigenvalue weighted by atomic mass is 32.1. The van der Waals surface area contributed by atoms with E-state index in [4.69, 9.17) is 9.84 Å². The second-order valence-corrected chi connectivity index (χ2v) is 4.31. The van der Waals surface area contributed by atoms with Crippen LogP contribution in [0.2, 0.25) is 0 Å². The molecule has 2 N–H and O–H groups in total. The lowest BCUT2D eigenvalue weighted by Gasteiger charge is -2.10. The fourth-order valence-electron chi connectivity index (χ4n) is 1.57. The van der Waals surface area contributed by atoms with Crippen LogP contribution in [0.1, 0.15) is 12.8 Å². The molecule has 2 heterocycles. The van der Waals surface area contributed by atoms with Gasteiger partial charge in [-0.1, -0.05) is 0 Å². The SMILES string of the molecule is O=C(O)C1CCC(C(=O)Nc2ccsc2)O1. The highest BCUT2D eigenvalue weighted by Gasteiger charge is 2.34. The second kappa shape index (κ2) is 4.63. The molecule has 1 aliphatic heterocycles. The molecule has 16 heavy (non-hydrogen) atoms. The number of nitrogens with one attached hydrogen (secondary N) is 1. The van der Waals surface area contributed by atoms with Crippen LogP contribution in [0.3, 0.4) is 0 Å². The Hall–Kier alpha value is -1.40. The van der Waals surface area contributed by atoms with Crippen molar-refractivity contribution in [3.8, 4) is 0 Å². The molecule has 0 bridgehead atoms. The summed E-state index contributed by atoms with van der Waals surface area (Å²) < 4.78 is 5.13. The van der Waals surface area contributed by atoms with Crippen molar-refractivity contribution < 1.29 is 19.4 Å². The molecule has 1 aromatic rings. The lowest BCUT2D eigenvalue weighted by molar-refractivity contribution is -0.150. The van der Waals surface area contributed by atoms with E-state index in [-0.39, 0.29) is 5.91 Å². The number of anilines is 1. The fraction of sp³-hybridized carbons (Fsp3) is 0.400. The molecule has 0 radical (unpaired) electrons. The summed E-state index contributed by atoms with van der Waals surface area (Å²) in [6, 6.07) is 1.78. The summed E-state index contributed by atoms with van der Waals surface area (Å²) in [5, 5.41) is 15.1. The van der Waals surface area contributed by atoms with Crippen LogP contribution < -0.4 is 5.32 Å². The van der Waals surface area contributed by atoms with E-state index in [0.29, 0.717) is 12.8 Å². The molecular formula is C10H11NO4S. The third-order valence-electron chi connectivity index (χ3n) is 2.38. The Morgan fingerprint density at radius 2 is 2.19 bits per heavy atom. The van der Waals surface area contributed by atoms with Crippen molar-refractivity contribution in [2.75, 3.05) is 5.32 Å². The maximum absolute atomic E-state index is 11.7. The molecule has 1 aliphatic rings. The van der Waals surface area contributed by atoms with Gasteiger partial charge in [0.2, 0.25) is 0 Å². The number of ether oxygens (including phenoxy) is 1. The van der Waals surface area contributed by atoms with Crippen LogP contribution in [0.25, 0.3) is 0 Å². The molecule has 0 aliphatic carbocycles. The van der Waals surface area contributed by atoms with Gasteiger partial charge < -0.3 is 15.2 Å². The van der Waals surface area contributed by atoms with Gasteiger partial charge in [0.25, 0.3) is 5.91 Å². The predicted octanol–water partition coefficient (Wildman–Crippen LogP) is 1.32. The van der Waals surface area contributed by atoms with Crippen LogP contribution in [0.4, 0.5) is 5.69 Å². The van der Waals surface area contributed by atoms with E-state index in [9.17, 15) is 9.59 Å². The van der Waals surface area contributed by atoms with E-state index in [2.05, 4.69) is 5.32 Å². The Morgan fingerprint density at radius 1 is 1.44 bits per heavy atom. The zero-order valence-corrected chi connectivity index (χ0v) is 9.20. The molecule has 0 aromatic carbocycles. The number of hydrogen-bond donors (Lipinski definition) is 2. The molecule has 1 amide bonds. The molecule has 2 atom stereocenters. The van der Waals surface area contributed by atoms with E-state index in [1.165, 1.54) is 11.3 Å². The van der Waals surface area contributed by atoms with E-state index >= 15 is 0 Å². The van der Waals surface area contributed by atoms with Crippen molar-refractivity contribution in [2.45, 2.75) is 25.0 Å². The maximum atomic E-state index is 11.7. The molecule has 1 aromatic heterocycles. The first-order chi connectivity index (χ1) is 7.66. The van der Waals surface area contributed by atoms with Crippen molar-refractivity contribution in [2.24, 2.45) is 0 Å². The smallest absolute Gasteiger partial charge is 0.332 e. The molecule has 2 unspecified atom stereocenters. The van der Waals surface area contributed by atoms with Gasteiger partial charge in [0.05, 0.1) is 5.69 Å². The maximum Gasteiger partial charge on any atom is 0.332 e. The molecule has 2 rings (SSSR count). The molecule has 5 nitrogen and oxygen atoms in total. The largest absolute Gasteiger partial charge is 0.479 e. The van der Waals surface area contributed by atoms with Crippen LogP contribution >= 0.6 is 11.3 Å². The molecule has 1 saturated heterocycles. The summed E-state index contributed by atoms with van der Waals surface area (Å²) in [7, 11) is 0. The number of amides is 1. The van der Waals surface area contributed by atoms with Crippen LogP contribution in [0.5, 0.6) is 0 Å². The number of carbonyl (C=O) groups is 2. The monoisotopic (exact) mass is 241 g/mol. The third kappa shape index (κ3) is 2.40. The van der Waals surface area contributed by atoms with Gasteiger partial charge in [0.1, 0.15) is 6.10 Å². The van der Waals surface area contributed by atoms with Gasteiger partial charge in [-0.05, 0) is 24.3 Å². The molecular weight excluding hydrogens is 230 g/mol. The predicted molar refractivity (Wildman–Crippen MR) is 58.5 cm³/mol. The number of thiophene rings is 1. The first-order valence-corrected chi connectivity index (χ1v) is 5.82. The van der Waals surface area contributed by atoms with Crippen molar-refractivity contribution in [3.63, 3.8) is 0 Å². The highest BCUT2D eigenvalue weighted by Crippen LogP contribution is 2.21. The quantitative estimate of drug-likeness (QED) is 0.836. The minimum atomic E-state index is -1.01. The number of carbonyl (C=O) groups excluding carboxylic acids is 1. The zero-order chi connectivity index (χ0) is 11.5. The van der Waals surface area contributed by atoms with E-state index in [0.717, 1.165) is 5.69 Å². The summed E-state index contributed by atoms with van der Waals surface area (Å²) in [5.74, 6) is -1.28. The van der Waals surface area contributed by atoms with E-state index in [1.807, 2.05) is 10.8 Å². The minimum absolute atomic E-state index is 0.276. The van der Waals surface area contributed by atoms with E-state index < -0.39 is 18.2 Å². The normalized spacial score (nSPS) is 24.2. The van der Waals surface area contributed by atoms with Crippen molar-refractivity contribution in [1.29, 1.82) is 0 Å². The van der Waals surface area contributed by atoms with Gasteiger partial charge in [-0.3, -0.25) is 4.79 Å². The first-order valence-electron chi connectivity index (χ1n) is 4.88. The summed E-state index contributed by atoms with van der Waals surface area (Å²) in [6.45, 7) is 0. The van der Waals surface area contributed by atoms with Crippen LogP contribution in [-0.2, 0) is 14.3 Å². The Bertz CT molecular complexity index is 390. The van der Waals surface area contributed by atoms with Gasteiger partial charge in [-0.2, -0.15) is 11.3 Å². The number of aliphatic carboxylic acids is 1. The van der Waals surface area contributed by atoms with Gasteiger partial charge >= 0.3 is 5.97 Å². The number of carboxylic acid groups (broad SMARTS) is 1. The average Bonchev–Trinajstić information content (AvgIpc) is 2.86. The molecule has 0 spiro atoms. The molecule has 0 saturated carbocycles. The Morgan fingerprint density at radius 3 is 2.75 bits per heavy atom. The second-order valence-electron chi connectivity index (χ2n) is 3.53. The summed E-state index contributed by atoms with van der Waals surface area (Å²) >= 11 is 1.48. The van der Waals surface area contributed by atoms with E-state index in [1.54, 1.807) is 6.07 Å². The topological polar surface area (TPSA) is 75.6 Å². The Balaban J connectivity index is 1.90. The summed E-state index contributed by atoms with van der Waals surface area (Å²) in [5.41, 5.74) is 0.720. The van der Waals surface area contributed by atoms with Crippen molar-refractivity contribution in [1.82, 2.24) is 0 Å². The summed E-state index contributed by atoms with van der Waals surface area (Å²) in [4.78, 5) is 22.3. The highest BCUT2D eigenvalue weighted by molar-refractivity contribution is 7.08. The zero-order valence-electron chi connectivity index (χ0n) is 8.38. The molecule has 1 fully saturated rings. The minimum Gasteiger partial charge on any atom is -0.479 e. The number of hydrogen-bond acceptors (Lipinski definition) is 4. The van der Waals surface area contributed by atoms with Crippen LogP contribution in [-0.4, -0.2) is 29.2 Å². The number of rotatable bonds is 3. The molecule has 86 valence electrons. The van der Waals surface area contributed by atoms with Gasteiger partial charge in [-0.15, -0.1) is 0 Å². The Labute approximate surface area is 96.0 Å². The first kappa shape index (κ1) is 11.1.